The lowest BCUT2D eigenvalue weighted by Gasteiger charge is -2.36. The molecular weight excluding hydrogens is 557 g/mol. The standard InChI is InChI=1S/C29H30Cl3N5O2/c1-2-15-36(26-9-4-3-6-23(26)30)16-14-27(38)33-21-10-12-22(13-11-21)35-17-19-37(20-18-35)29(39)34-28-24(31)7-5-8-25(28)32/h2-13H,1,14-20H2,(H,33,38)(H,34,39). The predicted molar refractivity (Wildman–Crippen MR) is 163 cm³/mol. The fourth-order valence-corrected chi connectivity index (χ4v) is 5.11. The van der Waals surface area contributed by atoms with Crippen molar-refractivity contribution in [2.75, 3.05) is 59.7 Å². The van der Waals surface area contributed by atoms with Gasteiger partial charge in [0.05, 0.1) is 26.4 Å². The molecule has 3 aromatic carbocycles. The second-order valence-corrected chi connectivity index (χ2v) is 10.3. The molecule has 3 amide bonds. The number of carbonyl (C=O) groups excluding carboxylic acids is 2. The van der Waals surface area contributed by atoms with E-state index in [-0.39, 0.29) is 11.9 Å². The largest absolute Gasteiger partial charge is 0.368 e. The molecule has 10 heteroatoms. The van der Waals surface area contributed by atoms with Crippen LogP contribution in [0.3, 0.4) is 0 Å². The first kappa shape index (κ1) is 28.6. The number of benzene rings is 3. The number of piperazine rings is 1. The van der Waals surface area contributed by atoms with E-state index < -0.39 is 0 Å². The van der Waals surface area contributed by atoms with Crippen LogP contribution >= 0.6 is 34.8 Å². The average molecular weight is 587 g/mol. The lowest BCUT2D eigenvalue weighted by molar-refractivity contribution is -0.116. The summed E-state index contributed by atoms with van der Waals surface area (Å²) in [7, 11) is 0. The van der Waals surface area contributed by atoms with Crippen LogP contribution in [0.5, 0.6) is 0 Å². The van der Waals surface area contributed by atoms with Gasteiger partial charge in [-0.3, -0.25) is 4.79 Å². The monoisotopic (exact) mass is 585 g/mol. The maximum atomic E-state index is 12.7. The molecule has 0 saturated carbocycles. The van der Waals surface area contributed by atoms with Crippen LogP contribution in [0.15, 0.2) is 79.4 Å². The summed E-state index contributed by atoms with van der Waals surface area (Å²) in [6.07, 6.45) is 2.10. The van der Waals surface area contributed by atoms with Crippen LogP contribution in [0.1, 0.15) is 6.42 Å². The summed E-state index contributed by atoms with van der Waals surface area (Å²) >= 11 is 18.7. The molecule has 39 heavy (non-hydrogen) atoms. The number of amides is 3. The summed E-state index contributed by atoms with van der Waals surface area (Å²) in [5.41, 5.74) is 3.05. The summed E-state index contributed by atoms with van der Waals surface area (Å²) in [6.45, 7) is 7.38. The van der Waals surface area contributed by atoms with Gasteiger partial charge >= 0.3 is 6.03 Å². The molecule has 1 fully saturated rings. The van der Waals surface area contributed by atoms with E-state index in [9.17, 15) is 9.59 Å². The van der Waals surface area contributed by atoms with E-state index in [0.717, 1.165) is 17.1 Å². The third kappa shape index (κ3) is 7.60. The molecule has 0 aromatic heterocycles. The van der Waals surface area contributed by atoms with Crippen molar-refractivity contribution >= 4 is 69.5 Å². The Morgan fingerprint density at radius 2 is 1.49 bits per heavy atom. The summed E-state index contributed by atoms with van der Waals surface area (Å²) < 4.78 is 0. The number of halogens is 3. The normalized spacial score (nSPS) is 13.1. The first-order valence-corrected chi connectivity index (χ1v) is 13.7. The number of nitrogens with zero attached hydrogens (tertiary/aromatic N) is 3. The fraction of sp³-hybridized carbons (Fsp3) is 0.241. The van der Waals surface area contributed by atoms with Crippen LogP contribution in [-0.2, 0) is 4.79 Å². The predicted octanol–water partition coefficient (Wildman–Crippen LogP) is 7.02. The Kier molecular flexibility index (Phi) is 9.98. The fourth-order valence-electron chi connectivity index (χ4n) is 4.36. The van der Waals surface area contributed by atoms with Crippen molar-refractivity contribution in [3.8, 4) is 0 Å². The van der Waals surface area contributed by atoms with E-state index in [1.165, 1.54) is 0 Å². The van der Waals surface area contributed by atoms with Crippen molar-refractivity contribution in [3.63, 3.8) is 0 Å². The molecule has 0 radical (unpaired) electrons. The molecule has 1 saturated heterocycles. The molecule has 0 spiro atoms. The first-order valence-electron chi connectivity index (χ1n) is 12.6. The van der Waals surface area contributed by atoms with Gasteiger partial charge < -0.3 is 25.3 Å². The molecule has 4 rings (SSSR count). The average Bonchev–Trinajstić information content (AvgIpc) is 2.94. The molecule has 0 atom stereocenters. The van der Waals surface area contributed by atoms with Crippen molar-refractivity contribution in [2.45, 2.75) is 6.42 Å². The summed E-state index contributed by atoms with van der Waals surface area (Å²) in [5.74, 6) is -0.0814. The minimum atomic E-state index is -0.232. The quantitative estimate of drug-likeness (QED) is 0.264. The zero-order valence-corrected chi connectivity index (χ0v) is 23.6. The Morgan fingerprint density at radius 3 is 2.13 bits per heavy atom. The van der Waals surface area contributed by atoms with Gasteiger partial charge in [-0.25, -0.2) is 4.79 Å². The lowest BCUT2D eigenvalue weighted by atomic mass is 10.2. The Hall–Kier alpha value is -3.39. The number of hydrogen-bond acceptors (Lipinski definition) is 4. The number of carbonyl (C=O) groups is 2. The topological polar surface area (TPSA) is 67.9 Å². The highest BCUT2D eigenvalue weighted by Gasteiger charge is 2.22. The van der Waals surface area contributed by atoms with Gasteiger partial charge in [-0.05, 0) is 48.5 Å². The number of nitrogens with one attached hydrogen (secondary N) is 2. The highest BCUT2D eigenvalue weighted by molar-refractivity contribution is 6.39. The van der Waals surface area contributed by atoms with E-state index >= 15 is 0 Å². The Balaban J connectivity index is 1.25. The van der Waals surface area contributed by atoms with Gasteiger partial charge in [-0.2, -0.15) is 0 Å². The maximum absolute atomic E-state index is 12.7. The zero-order chi connectivity index (χ0) is 27.8. The van der Waals surface area contributed by atoms with Gasteiger partial charge in [-0.1, -0.05) is 59.1 Å². The molecule has 0 aliphatic carbocycles. The van der Waals surface area contributed by atoms with E-state index in [0.29, 0.717) is 66.4 Å². The summed E-state index contributed by atoms with van der Waals surface area (Å²) in [5, 5.41) is 7.22. The molecule has 1 heterocycles. The SMILES string of the molecule is C=CCN(CCC(=O)Nc1ccc(N2CCN(C(=O)Nc3c(Cl)cccc3Cl)CC2)cc1)c1ccccc1Cl. The number of anilines is 4. The van der Waals surface area contributed by atoms with Crippen molar-refractivity contribution in [2.24, 2.45) is 0 Å². The van der Waals surface area contributed by atoms with Gasteiger partial charge in [0.1, 0.15) is 0 Å². The smallest absolute Gasteiger partial charge is 0.322 e. The van der Waals surface area contributed by atoms with E-state index in [2.05, 4.69) is 22.1 Å². The van der Waals surface area contributed by atoms with Gasteiger partial charge in [0.15, 0.2) is 0 Å². The minimum absolute atomic E-state index is 0.0814. The van der Waals surface area contributed by atoms with Crippen LogP contribution in [0.2, 0.25) is 15.1 Å². The number of hydrogen-bond donors (Lipinski definition) is 2. The van der Waals surface area contributed by atoms with E-state index in [1.807, 2.05) is 53.4 Å². The van der Waals surface area contributed by atoms with E-state index in [4.69, 9.17) is 34.8 Å². The molecule has 204 valence electrons. The Labute approximate surface area is 243 Å². The molecule has 2 N–H and O–H groups in total. The molecular formula is C29H30Cl3N5O2. The third-order valence-corrected chi connectivity index (χ3v) is 7.38. The second-order valence-electron chi connectivity index (χ2n) is 9.03. The van der Waals surface area contributed by atoms with Gasteiger partial charge in [0.25, 0.3) is 0 Å². The molecule has 0 bridgehead atoms. The Morgan fingerprint density at radius 1 is 0.846 bits per heavy atom. The van der Waals surface area contributed by atoms with Crippen molar-refractivity contribution in [1.82, 2.24) is 4.90 Å². The van der Waals surface area contributed by atoms with Crippen LogP contribution in [0.4, 0.5) is 27.5 Å². The van der Waals surface area contributed by atoms with Gasteiger partial charge in [0, 0.05) is 57.1 Å². The van der Waals surface area contributed by atoms with Crippen molar-refractivity contribution in [1.29, 1.82) is 0 Å². The first-order chi connectivity index (χ1) is 18.9. The van der Waals surface area contributed by atoms with Gasteiger partial charge in [0.2, 0.25) is 5.91 Å². The number of urea groups is 1. The third-order valence-electron chi connectivity index (χ3n) is 6.43. The van der Waals surface area contributed by atoms with Crippen LogP contribution in [0.25, 0.3) is 0 Å². The number of rotatable bonds is 9. The molecule has 1 aliphatic rings. The zero-order valence-electron chi connectivity index (χ0n) is 21.4. The molecule has 3 aromatic rings. The Bertz CT molecular complexity index is 1290. The molecule has 7 nitrogen and oxygen atoms in total. The molecule has 1 aliphatic heterocycles. The van der Waals surface area contributed by atoms with Crippen LogP contribution in [-0.4, -0.2) is 56.1 Å². The number of para-hydroxylation sites is 2. The molecule has 0 unspecified atom stereocenters. The second kappa shape index (κ2) is 13.6. The van der Waals surface area contributed by atoms with Crippen molar-refractivity contribution < 1.29 is 9.59 Å². The van der Waals surface area contributed by atoms with Crippen molar-refractivity contribution in [3.05, 3.63) is 94.5 Å². The van der Waals surface area contributed by atoms with E-state index in [1.54, 1.807) is 29.2 Å². The van der Waals surface area contributed by atoms with Crippen LogP contribution in [0, 0.1) is 0 Å². The highest BCUT2D eigenvalue weighted by Crippen LogP contribution is 2.30. The van der Waals surface area contributed by atoms with Gasteiger partial charge in [-0.15, -0.1) is 6.58 Å². The summed E-state index contributed by atoms with van der Waals surface area (Å²) in [4.78, 5) is 31.3. The summed E-state index contributed by atoms with van der Waals surface area (Å²) in [6, 6.07) is 20.2. The maximum Gasteiger partial charge on any atom is 0.322 e. The van der Waals surface area contributed by atoms with Crippen LogP contribution < -0.4 is 20.4 Å². The highest BCUT2D eigenvalue weighted by atomic mass is 35.5. The minimum Gasteiger partial charge on any atom is -0.368 e. The lowest BCUT2D eigenvalue weighted by Crippen LogP contribution is -2.50.